The van der Waals surface area contributed by atoms with Gasteiger partial charge in [0.2, 0.25) is 11.6 Å². The Morgan fingerprint density at radius 3 is 0.596 bits per heavy atom. The van der Waals surface area contributed by atoms with E-state index in [4.69, 9.17) is 0 Å². The quantitative estimate of drug-likeness (QED) is 0.0867. The summed E-state index contributed by atoms with van der Waals surface area (Å²) >= 11 is -1.37. The van der Waals surface area contributed by atoms with Crippen molar-refractivity contribution >= 4 is 23.5 Å². The van der Waals surface area contributed by atoms with E-state index in [0.29, 0.717) is 0 Å². The molecule has 0 spiro atoms. The van der Waals surface area contributed by atoms with E-state index in [1.807, 2.05) is 0 Å². The van der Waals surface area contributed by atoms with Crippen LogP contribution in [0.4, 0.5) is 79.0 Å². The second kappa shape index (κ2) is 18.0. The predicted octanol–water partition coefficient (Wildman–Crippen LogP) is 10.2. The third-order valence-electron chi connectivity index (χ3n) is 4.75. The van der Waals surface area contributed by atoms with E-state index in [1.165, 1.54) is 0 Å². The molecule has 0 heterocycles. The molecule has 0 aliphatic rings. The molecule has 4 aromatic carbocycles. The van der Waals surface area contributed by atoms with Gasteiger partial charge in [-0.25, -0.2) is 61.5 Å². The molecule has 0 fully saturated rings. The van der Waals surface area contributed by atoms with Crippen LogP contribution in [-0.2, 0) is 65.4 Å². The third kappa shape index (κ3) is 9.01. The van der Waals surface area contributed by atoms with Crippen molar-refractivity contribution < 1.29 is 144 Å². The molecule has 0 atom stereocenters. The van der Waals surface area contributed by atoms with Crippen LogP contribution in [0.1, 0.15) is 0 Å². The number of halogens is 18. The van der Waals surface area contributed by atoms with Gasteiger partial charge in [-0.1, -0.05) is 0 Å². The van der Waals surface area contributed by atoms with Crippen LogP contribution in [0.15, 0.2) is 19.6 Å². The first-order chi connectivity index (χ1) is 20.3. The molecule has 0 unspecified atom stereocenters. The minimum atomic E-state index is -2.49. The van der Waals surface area contributed by atoms with Crippen LogP contribution in [0, 0.1) is 124 Å². The van der Waals surface area contributed by atoms with Crippen LogP contribution in [0.3, 0.4) is 0 Å². The summed E-state index contributed by atoms with van der Waals surface area (Å²) in [5.74, 6) is -40.5. The zero-order chi connectivity index (χ0) is 33.5. The smallest absolute Gasteiger partial charge is 0.200 e. The molecule has 0 aliphatic carbocycles. The molecule has 0 N–H and O–H groups in total. The fourth-order valence-corrected chi connectivity index (χ4v) is 4.58. The van der Waals surface area contributed by atoms with Crippen LogP contribution in [0.25, 0.3) is 0 Å². The molecule has 47 heavy (non-hydrogen) atoms. The van der Waals surface area contributed by atoms with Gasteiger partial charge in [-0.05, 0) is 9.79 Å². The largest absolute Gasteiger partial charge is 0.358 e. The average molecular weight is 887 g/mol. The Morgan fingerprint density at radius 2 is 0.404 bits per heavy atom. The van der Waals surface area contributed by atoms with E-state index in [1.54, 1.807) is 0 Å². The van der Waals surface area contributed by atoms with Crippen LogP contribution in [0.5, 0.6) is 0 Å². The summed E-state index contributed by atoms with van der Waals surface area (Å²) in [5, 5.41) is 0. The molecule has 0 amide bonds. The van der Waals surface area contributed by atoms with Crippen molar-refractivity contribution in [2.45, 2.75) is 19.6 Å². The van der Waals surface area contributed by atoms with Gasteiger partial charge < -0.3 is 7.43 Å². The van der Waals surface area contributed by atoms with Gasteiger partial charge in [0, 0.05) is 88.7 Å². The molecular formula is C25H3F18S2Y2-3. The molecule has 0 aromatic heterocycles. The Kier molecular flexibility index (Phi) is 17.4. The second-order valence-corrected chi connectivity index (χ2v) is 9.46. The molecule has 4 aromatic rings. The van der Waals surface area contributed by atoms with Gasteiger partial charge in [-0.3, -0.25) is 17.6 Å². The maximum atomic E-state index is 13.4. The van der Waals surface area contributed by atoms with Crippen LogP contribution in [-0.4, -0.2) is 0 Å². The normalized spacial score (nSPS) is 10.4. The molecule has 250 valence electrons. The molecule has 0 aliphatic heterocycles. The molecular weight excluding hydrogens is 884 g/mol. The minimum absolute atomic E-state index is 0. The van der Waals surface area contributed by atoms with Crippen molar-refractivity contribution in [1.29, 1.82) is 0 Å². The van der Waals surface area contributed by atoms with Gasteiger partial charge in [-0.2, -0.15) is 0 Å². The van der Waals surface area contributed by atoms with Crippen molar-refractivity contribution in [3.05, 3.63) is 124 Å². The van der Waals surface area contributed by atoms with Gasteiger partial charge >= 0.3 is 0 Å². The number of benzene rings is 4. The topological polar surface area (TPSA) is 0 Å². The molecule has 0 bridgehead atoms. The van der Waals surface area contributed by atoms with Crippen LogP contribution < -0.4 is 0 Å². The van der Waals surface area contributed by atoms with Gasteiger partial charge in [0.1, 0.15) is 0 Å². The van der Waals surface area contributed by atoms with E-state index in [-0.39, 0.29) is 72.8 Å². The SMILES string of the molecule is Fc1[c-]c(F)c(F)c(Sc2c(F)c(F)c(F)c(F)c2F)c1F.Fc1[c-]c(F)c(F)c(Sc2c(F)c(F)c(F)c(F)c2F)c1F.[CH3-].[Y].[Y]. The van der Waals surface area contributed by atoms with Crippen LogP contribution >= 0.6 is 23.5 Å². The zero-order valence-corrected chi connectivity index (χ0v) is 29.1. The molecule has 22 heteroatoms. The average Bonchev–Trinajstić information content (AvgIpc) is 2.98. The van der Waals surface area contributed by atoms with E-state index >= 15 is 0 Å². The first-order valence-corrected chi connectivity index (χ1v) is 11.9. The zero-order valence-electron chi connectivity index (χ0n) is 21.8. The molecule has 0 saturated carbocycles. The standard InChI is InChI=1S/2C12F9S.CH3.2Y/c2*13-2-1-3(14)5(16)11(4(2)15)22-12-9(20)7(18)6(17)8(19)10(12)21;;;/h;;1H3;;/q3*-1;;. The summed E-state index contributed by atoms with van der Waals surface area (Å²) in [7, 11) is 0. The van der Waals surface area contributed by atoms with Crippen molar-refractivity contribution in [2.24, 2.45) is 0 Å². The summed E-state index contributed by atoms with van der Waals surface area (Å²) in [5.41, 5.74) is 0. The summed E-state index contributed by atoms with van der Waals surface area (Å²) in [6.07, 6.45) is 0. The van der Waals surface area contributed by atoms with Gasteiger partial charge in [-0.15, -0.1) is 35.7 Å². The fraction of sp³-hybridized carbons (Fsp3) is 0. The summed E-state index contributed by atoms with van der Waals surface area (Å²) in [6.45, 7) is 0. The Morgan fingerprint density at radius 1 is 0.255 bits per heavy atom. The van der Waals surface area contributed by atoms with E-state index in [9.17, 15) is 79.0 Å². The van der Waals surface area contributed by atoms with E-state index in [0.717, 1.165) is 12.1 Å². The second-order valence-electron chi connectivity index (χ2n) is 7.42. The van der Waals surface area contributed by atoms with E-state index < -0.39 is 148 Å². The Balaban J connectivity index is 0.000000846. The Bertz CT molecular complexity index is 1580. The summed E-state index contributed by atoms with van der Waals surface area (Å²) < 4.78 is 236. The molecule has 0 saturated heterocycles. The molecule has 0 nitrogen and oxygen atoms in total. The molecule has 2 radical (unpaired) electrons. The van der Waals surface area contributed by atoms with Gasteiger partial charge in [0.15, 0.2) is 46.5 Å². The van der Waals surface area contributed by atoms with Gasteiger partial charge in [0.05, 0.1) is 33.1 Å². The monoisotopic (exact) mass is 887 g/mol. The maximum absolute atomic E-state index is 13.4. The summed E-state index contributed by atoms with van der Waals surface area (Å²) in [6, 6.07) is 2.00. The fourth-order valence-electron chi connectivity index (χ4n) is 2.74. The Labute approximate surface area is 309 Å². The van der Waals surface area contributed by atoms with E-state index in [2.05, 4.69) is 0 Å². The minimum Gasteiger partial charge on any atom is -0.358 e. The number of rotatable bonds is 4. The number of hydrogen-bond acceptors (Lipinski definition) is 2. The molecule has 4 rings (SSSR count). The van der Waals surface area contributed by atoms with Crippen molar-refractivity contribution in [3.8, 4) is 0 Å². The van der Waals surface area contributed by atoms with Gasteiger partial charge in [0.25, 0.3) is 0 Å². The number of hydrogen-bond donors (Lipinski definition) is 0. The summed E-state index contributed by atoms with van der Waals surface area (Å²) in [4.78, 5) is -6.65. The first kappa shape index (κ1) is 45.5. The Hall–Kier alpha value is -1.47. The maximum Gasteiger partial charge on any atom is 0.200 e. The van der Waals surface area contributed by atoms with Crippen LogP contribution in [0.2, 0.25) is 0 Å². The third-order valence-corrected chi connectivity index (χ3v) is 7.00. The first-order valence-electron chi connectivity index (χ1n) is 10.2. The van der Waals surface area contributed by atoms with Crippen molar-refractivity contribution in [1.82, 2.24) is 0 Å². The van der Waals surface area contributed by atoms with Crippen molar-refractivity contribution in [3.63, 3.8) is 0 Å². The predicted molar refractivity (Wildman–Crippen MR) is 117 cm³/mol. The van der Waals surface area contributed by atoms with Crippen molar-refractivity contribution in [2.75, 3.05) is 0 Å².